The number of nitrogens with zero attached hydrogens (tertiary/aromatic N) is 4. The summed E-state index contributed by atoms with van der Waals surface area (Å²) in [5.41, 5.74) is 7.25. The Kier molecular flexibility index (Phi) is 6.21. The molecule has 3 N–H and O–H groups in total. The number of aromatic amines is 1. The van der Waals surface area contributed by atoms with Crippen molar-refractivity contribution >= 4 is 12.1 Å². The molecule has 0 unspecified atom stereocenters. The number of benzene rings is 2. The Hall–Kier alpha value is -4.40. The Morgan fingerprint density at radius 2 is 2.00 bits per heavy atom. The van der Waals surface area contributed by atoms with Gasteiger partial charge in [0.2, 0.25) is 0 Å². The molecule has 0 radical (unpaired) electrons. The molecule has 0 atom stereocenters. The van der Waals surface area contributed by atoms with Crippen LogP contribution in [0.5, 0.6) is 11.5 Å². The Labute approximate surface area is 190 Å². The lowest BCUT2D eigenvalue weighted by Crippen LogP contribution is -2.18. The van der Waals surface area contributed by atoms with Crippen molar-refractivity contribution in [2.75, 3.05) is 6.61 Å². The van der Waals surface area contributed by atoms with Crippen molar-refractivity contribution in [3.05, 3.63) is 77.2 Å². The van der Waals surface area contributed by atoms with Crippen LogP contribution in [0.2, 0.25) is 0 Å². The van der Waals surface area contributed by atoms with Gasteiger partial charge in [0, 0.05) is 11.1 Å². The fourth-order valence-corrected chi connectivity index (χ4v) is 3.54. The molecule has 0 saturated carbocycles. The summed E-state index contributed by atoms with van der Waals surface area (Å²) in [6.07, 6.45) is 1.35. The molecule has 33 heavy (non-hydrogen) atoms. The topological polar surface area (TPSA) is 117 Å². The highest BCUT2D eigenvalue weighted by Crippen LogP contribution is 2.29. The van der Waals surface area contributed by atoms with Gasteiger partial charge in [-0.05, 0) is 51.1 Å². The number of hydrogen-bond donors (Lipinski definition) is 3. The predicted octanol–water partition coefficient (Wildman–Crippen LogP) is 3.75. The highest BCUT2D eigenvalue weighted by Gasteiger charge is 2.19. The van der Waals surface area contributed by atoms with E-state index in [1.807, 2.05) is 55.8 Å². The van der Waals surface area contributed by atoms with Crippen molar-refractivity contribution in [3.63, 3.8) is 0 Å². The summed E-state index contributed by atoms with van der Waals surface area (Å²) in [4.78, 5) is 12.5. The van der Waals surface area contributed by atoms with E-state index in [1.54, 1.807) is 24.3 Å². The van der Waals surface area contributed by atoms with Crippen molar-refractivity contribution < 1.29 is 14.6 Å². The van der Waals surface area contributed by atoms with Crippen molar-refractivity contribution in [3.8, 4) is 28.4 Å². The number of aryl methyl sites for hydroxylation is 1. The van der Waals surface area contributed by atoms with Crippen molar-refractivity contribution in [2.24, 2.45) is 5.10 Å². The molecule has 4 rings (SSSR count). The second-order valence-electron chi connectivity index (χ2n) is 7.29. The van der Waals surface area contributed by atoms with Gasteiger partial charge in [0.1, 0.15) is 5.69 Å². The molecule has 2 aromatic carbocycles. The minimum Gasteiger partial charge on any atom is -0.504 e. The predicted molar refractivity (Wildman–Crippen MR) is 125 cm³/mol. The van der Waals surface area contributed by atoms with E-state index in [2.05, 4.69) is 25.8 Å². The van der Waals surface area contributed by atoms with Gasteiger partial charge in [-0.1, -0.05) is 24.3 Å². The van der Waals surface area contributed by atoms with Crippen LogP contribution < -0.4 is 10.2 Å². The summed E-state index contributed by atoms with van der Waals surface area (Å²) in [7, 11) is 0. The molecule has 9 heteroatoms. The van der Waals surface area contributed by atoms with Crippen LogP contribution in [0.3, 0.4) is 0 Å². The number of nitrogens with one attached hydrogen (secondary N) is 2. The summed E-state index contributed by atoms with van der Waals surface area (Å²) in [6.45, 7) is 6.12. The number of hydrogen-bond acceptors (Lipinski definition) is 6. The third-order valence-corrected chi connectivity index (χ3v) is 5.07. The number of phenolic OH excluding ortho intramolecular Hbond substituents is 1. The second kappa shape index (κ2) is 9.39. The lowest BCUT2D eigenvalue weighted by atomic mass is 10.1. The zero-order valence-corrected chi connectivity index (χ0v) is 18.5. The first-order valence-corrected chi connectivity index (χ1v) is 10.4. The number of phenols is 1. The zero-order valence-electron chi connectivity index (χ0n) is 18.5. The molecule has 168 valence electrons. The van der Waals surface area contributed by atoms with Gasteiger partial charge in [0.15, 0.2) is 11.5 Å². The van der Waals surface area contributed by atoms with Crippen LogP contribution in [0.1, 0.15) is 34.4 Å². The molecular weight excluding hydrogens is 420 g/mol. The van der Waals surface area contributed by atoms with Gasteiger partial charge < -0.3 is 9.84 Å². The summed E-state index contributed by atoms with van der Waals surface area (Å²) >= 11 is 0. The summed E-state index contributed by atoms with van der Waals surface area (Å²) < 4.78 is 7.20. The van der Waals surface area contributed by atoms with E-state index in [9.17, 15) is 9.90 Å². The fourth-order valence-electron chi connectivity index (χ4n) is 3.54. The van der Waals surface area contributed by atoms with Crippen molar-refractivity contribution in [1.82, 2.24) is 25.4 Å². The molecule has 1 amide bonds. The molecule has 0 fully saturated rings. The van der Waals surface area contributed by atoms with Crippen LogP contribution in [-0.2, 0) is 0 Å². The zero-order chi connectivity index (χ0) is 23.4. The average Bonchev–Trinajstić information content (AvgIpc) is 3.41. The van der Waals surface area contributed by atoms with Crippen LogP contribution in [0.15, 0.2) is 59.7 Å². The van der Waals surface area contributed by atoms with Crippen LogP contribution >= 0.6 is 0 Å². The third-order valence-electron chi connectivity index (χ3n) is 5.07. The van der Waals surface area contributed by atoms with Gasteiger partial charge in [0.05, 0.1) is 35.6 Å². The second-order valence-corrected chi connectivity index (χ2v) is 7.29. The van der Waals surface area contributed by atoms with E-state index in [0.29, 0.717) is 23.6 Å². The molecule has 9 nitrogen and oxygen atoms in total. The number of aromatic nitrogens is 4. The quantitative estimate of drug-likeness (QED) is 0.296. The third kappa shape index (κ3) is 4.47. The lowest BCUT2D eigenvalue weighted by molar-refractivity contribution is 0.0950. The van der Waals surface area contributed by atoms with Gasteiger partial charge >= 0.3 is 0 Å². The SMILES string of the molecule is CCOc1cccc(/C=N\NC(=O)c2cc(-c3c(C)nn(-c4ccccc4)c3C)n[nH]2)c1O. The largest absolute Gasteiger partial charge is 0.504 e. The standard InChI is InChI=1S/C24H24N6O3/c1-4-33-21-12-8-9-17(23(21)31)14-25-28-24(32)20-13-19(26-27-20)22-15(2)29-30(16(22)3)18-10-6-5-7-11-18/h5-14,31H,4H2,1-3H3,(H,26,27)(H,28,32)/b25-14-. The highest BCUT2D eigenvalue weighted by atomic mass is 16.5. The normalized spacial score (nSPS) is 11.1. The van der Waals surface area contributed by atoms with E-state index >= 15 is 0 Å². The van der Waals surface area contributed by atoms with Gasteiger partial charge in [-0.25, -0.2) is 10.1 Å². The van der Waals surface area contributed by atoms with Crippen molar-refractivity contribution in [2.45, 2.75) is 20.8 Å². The van der Waals surface area contributed by atoms with Gasteiger partial charge in [0.25, 0.3) is 5.91 Å². The van der Waals surface area contributed by atoms with Gasteiger partial charge in [-0.15, -0.1) is 0 Å². The number of ether oxygens (including phenoxy) is 1. The van der Waals surface area contributed by atoms with E-state index in [4.69, 9.17) is 4.74 Å². The molecule has 2 heterocycles. The first-order valence-electron chi connectivity index (χ1n) is 10.4. The number of H-pyrrole nitrogens is 1. The van der Waals surface area contributed by atoms with E-state index in [1.165, 1.54) is 6.21 Å². The lowest BCUT2D eigenvalue weighted by Gasteiger charge is -2.07. The summed E-state index contributed by atoms with van der Waals surface area (Å²) in [6, 6.07) is 16.5. The number of para-hydroxylation sites is 2. The maximum absolute atomic E-state index is 12.5. The van der Waals surface area contributed by atoms with Crippen molar-refractivity contribution in [1.29, 1.82) is 0 Å². The summed E-state index contributed by atoms with van der Waals surface area (Å²) in [5.74, 6) is -0.147. The number of aromatic hydroxyl groups is 1. The average molecular weight is 444 g/mol. The smallest absolute Gasteiger partial charge is 0.289 e. The maximum atomic E-state index is 12.5. The monoisotopic (exact) mass is 444 g/mol. The van der Waals surface area contributed by atoms with Crippen LogP contribution in [0.4, 0.5) is 0 Å². The molecule has 0 saturated heterocycles. The molecule has 0 aliphatic heterocycles. The van der Waals surface area contributed by atoms with Gasteiger partial charge in [-0.3, -0.25) is 9.89 Å². The molecule has 0 spiro atoms. The van der Waals surface area contributed by atoms with E-state index in [0.717, 1.165) is 22.6 Å². The Bertz CT molecular complexity index is 1310. The summed E-state index contributed by atoms with van der Waals surface area (Å²) in [5, 5.41) is 25.8. The van der Waals surface area contributed by atoms with Gasteiger partial charge in [-0.2, -0.15) is 15.3 Å². The Balaban J connectivity index is 1.50. The molecule has 0 aliphatic rings. The molecule has 4 aromatic rings. The molecule has 2 aromatic heterocycles. The first kappa shape index (κ1) is 21.8. The van der Waals surface area contributed by atoms with Crippen LogP contribution in [0, 0.1) is 13.8 Å². The first-order chi connectivity index (χ1) is 16.0. The minimum absolute atomic E-state index is 0.0393. The molecule has 0 bridgehead atoms. The number of carbonyl (C=O) groups excluding carboxylic acids is 1. The van der Waals surface area contributed by atoms with E-state index < -0.39 is 5.91 Å². The molecular formula is C24H24N6O3. The number of carbonyl (C=O) groups is 1. The molecule has 0 aliphatic carbocycles. The minimum atomic E-state index is -0.462. The number of amides is 1. The Morgan fingerprint density at radius 3 is 2.76 bits per heavy atom. The fraction of sp³-hybridized carbons (Fsp3) is 0.167. The number of hydrazone groups is 1. The van der Waals surface area contributed by atoms with Crippen LogP contribution in [0.25, 0.3) is 16.9 Å². The van der Waals surface area contributed by atoms with E-state index in [-0.39, 0.29) is 11.4 Å². The Morgan fingerprint density at radius 1 is 1.21 bits per heavy atom. The number of rotatable bonds is 7. The maximum Gasteiger partial charge on any atom is 0.289 e. The van der Waals surface area contributed by atoms with Crippen LogP contribution in [-0.4, -0.2) is 43.8 Å². The highest BCUT2D eigenvalue weighted by molar-refractivity contribution is 5.94.